The second-order valence-corrected chi connectivity index (χ2v) is 6.47. The lowest BCUT2D eigenvalue weighted by Crippen LogP contribution is -2.05. The third kappa shape index (κ3) is 5.73. The first-order valence-corrected chi connectivity index (χ1v) is 8.74. The van der Waals surface area contributed by atoms with Crippen molar-refractivity contribution in [2.45, 2.75) is 60.3 Å². The van der Waals surface area contributed by atoms with Gasteiger partial charge in [-0.1, -0.05) is 11.6 Å². The summed E-state index contributed by atoms with van der Waals surface area (Å²) in [6.45, 7) is 9.96. The van der Waals surface area contributed by atoms with Gasteiger partial charge in [-0.2, -0.15) is 0 Å². The standard InChI is InChI=1S/C21H30O4/c1-14(9-7-8-12-25-18(5)23)10-11-19-17(4)20(13-22)15(2)16(3)21(19)24-6/h10,13H,7-9,11-12H2,1-6H3/b14-10+. The van der Waals surface area contributed by atoms with E-state index in [2.05, 4.69) is 13.0 Å². The van der Waals surface area contributed by atoms with Gasteiger partial charge in [0, 0.05) is 18.1 Å². The highest BCUT2D eigenvalue weighted by atomic mass is 16.5. The summed E-state index contributed by atoms with van der Waals surface area (Å²) in [4.78, 5) is 22.2. The second kappa shape index (κ2) is 10.0. The van der Waals surface area contributed by atoms with E-state index in [1.807, 2.05) is 20.8 Å². The van der Waals surface area contributed by atoms with E-state index in [0.29, 0.717) is 6.61 Å². The maximum Gasteiger partial charge on any atom is 0.302 e. The van der Waals surface area contributed by atoms with Crippen LogP contribution in [0.1, 0.15) is 65.7 Å². The Labute approximate surface area is 151 Å². The van der Waals surface area contributed by atoms with Gasteiger partial charge in [-0.15, -0.1) is 0 Å². The number of ether oxygens (including phenoxy) is 2. The highest BCUT2D eigenvalue weighted by molar-refractivity contribution is 5.82. The van der Waals surface area contributed by atoms with Crippen LogP contribution in [0, 0.1) is 20.8 Å². The Morgan fingerprint density at radius 1 is 1.04 bits per heavy atom. The molecule has 0 atom stereocenters. The molecular formula is C21H30O4. The molecule has 0 aromatic heterocycles. The van der Waals surface area contributed by atoms with Gasteiger partial charge >= 0.3 is 5.97 Å². The van der Waals surface area contributed by atoms with Crippen LogP contribution in [0.5, 0.6) is 5.75 Å². The molecule has 0 N–H and O–H groups in total. The molecule has 0 unspecified atom stereocenters. The number of hydrogen-bond acceptors (Lipinski definition) is 4. The van der Waals surface area contributed by atoms with Crippen LogP contribution in [0.15, 0.2) is 11.6 Å². The molecular weight excluding hydrogens is 316 g/mol. The second-order valence-electron chi connectivity index (χ2n) is 6.47. The van der Waals surface area contributed by atoms with Crippen LogP contribution >= 0.6 is 0 Å². The van der Waals surface area contributed by atoms with Crippen molar-refractivity contribution in [3.8, 4) is 5.75 Å². The minimum absolute atomic E-state index is 0.226. The van der Waals surface area contributed by atoms with Crippen LogP contribution < -0.4 is 4.74 Å². The van der Waals surface area contributed by atoms with Crippen molar-refractivity contribution in [1.29, 1.82) is 0 Å². The van der Waals surface area contributed by atoms with E-state index in [-0.39, 0.29) is 5.97 Å². The van der Waals surface area contributed by atoms with Crippen molar-refractivity contribution in [1.82, 2.24) is 0 Å². The third-order valence-corrected chi connectivity index (χ3v) is 4.69. The summed E-state index contributed by atoms with van der Waals surface area (Å²) < 4.78 is 10.6. The van der Waals surface area contributed by atoms with Gasteiger partial charge in [0.15, 0.2) is 6.29 Å². The number of hydrogen-bond donors (Lipinski definition) is 0. The Morgan fingerprint density at radius 2 is 1.72 bits per heavy atom. The number of carbonyl (C=O) groups is 2. The lowest BCUT2D eigenvalue weighted by Gasteiger charge is -2.18. The van der Waals surface area contributed by atoms with Gasteiger partial charge in [0.1, 0.15) is 5.75 Å². The van der Waals surface area contributed by atoms with Crippen molar-refractivity contribution in [3.63, 3.8) is 0 Å². The predicted octanol–water partition coefficient (Wildman–Crippen LogP) is 4.66. The number of esters is 1. The summed E-state index contributed by atoms with van der Waals surface area (Å²) in [5.74, 6) is 0.648. The normalized spacial score (nSPS) is 11.4. The van der Waals surface area contributed by atoms with Gasteiger partial charge in [-0.3, -0.25) is 9.59 Å². The SMILES string of the molecule is COc1c(C)c(C)c(C=O)c(C)c1C/C=C(\C)CCCCOC(C)=O. The summed E-state index contributed by atoms with van der Waals surface area (Å²) in [5.41, 5.74) is 6.13. The Bertz CT molecular complexity index is 657. The number of carbonyl (C=O) groups excluding carboxylic acids is 2. The van der Waals surface area contributed by atoms with E-state index in [1.165, 1.54) is 12.5 Å². The van der Waals surface area contributed by atoms with Crippen LogP contribution in [0.25, 0.3) is 0 Å². The van der Waals surface area contributed by atoms with Crippen molar-refractivity contribution >= 4 is 12.3 Å². The van der Waals surface area contributed by atoms with Gasteiger partial charge < -0.3 is 9.47 Å². The molecule has 1 aromatic carbocycles. The zero-order chi connectivity index (χ0) is 19.0. The van der Waals surface area contributed by atoms with E-state index in [1.54, 1.807) is 7.11 Å². The molecule has 25 heavy (non-hydrogen) atoms. The van der Waals surface area contributed by atoms with E-state index < -0.39 is 0 Å². The highest BCUT2D eigenvalue weighted by Crippen LogP contribution is 2.33. The van der Waals surface area contributed by atoms with Gasteiger partial charge in [-0.05, 0) is 70.1 Å². The number of aldehydes is 1. The first-order valence-electron chi connectivity index (χ1n) is 8.74. The molecule has 4 nitrogen and oxygen atoms in total. The molecule has 0 aliphatic rings. The average molecular weight is 346 g/mol. The van der Waals surface area contributed by atoms with Crippen molar-refractivity contribution < 1.29 is 19.1 Å². The predicted molar refractivity (Wildman–Crippen MR) is 101 cm³/mol. The largest absolute Gasteiger partial charge is 0.496 e. The fourth-order valence-electron chi connectivity index (χ4n) is 3.01. The van der Waals surface area contributed by atoms with E-state index in [0.717, 1.165) is 65.5 Å². The number of unbranched alkanes of at least 4 members (excludes halogenated alkanes) is 1. The molecule has 0 amide bonds. The van der Waals surface area contributed by atoms with Crippen molar-refractivity contribution in [3.05, 3.63) is 39.5 Å². The average Bonchev–Trinajstić information content (AvgIpc) is 2.56. The molecule has 0 saturated carbocycles. The quantitative estimate of drug-likeness (QED) is 0.282. The van der Waals surface area contributed by atoms with Crippen molar-refractivity contribution in [2.24, 2.45) is 0 Å². The smallest absolute Gasteiger partial charge is 0.302 e. The maximum absolute atomic E-state index is 11.4. The molecule has 0 saturated heterocycles. The van der Waals surface area contributed by atoms with Crippen LogP contribution in [0.3, 0.4) is 0 Å². The Hall–Kier alpha value is -2.10. The van der Waals surface area contributed by atoms with Crippen LogP contribution in [0.4, 0.5) is 0 Å². The minimum Gasteiger partial charge on any atom is -0.496 e. The number of benzene rings is 1. The number of rotatable bonds is 9. The molecule has 0 spiro atoms. The number of methoxy groups -OCH3 is 1. The van der Waals surface area contributed by atoms with Crippen LogP contribution in [-0.2, 0) is 16.0 Å². The van der Waals surface area contributed by atoms with E-state index in [9.17, 15) is 9.59 Å². The summed E-state index contributed by atoms with van der Waals surface area (Å²) in [7, 11) is 1.68. The molecule has 1 aromatic rings. The molecule has 138 valence electrons. The maximum atomic E-state index is 11.4. The molecule has 0 aliphatic heterocycles. The van der Waals surface area contributed by atoms with Gasteiger partial charge in [0.2, 0.25) is 0 Å². The van der Waals surface area contributed by atoms with Crippen molar-refractivity contribution in [2.75, 3.05) is 13.7 Å². The molecule has 0 radical (unpaired) electrons. The monoisotopic (exact) mass is 346 g/mol. The molecule has 0 fully saturated rings. The molecule has 0 aliphatic carbocycles. The van der Waals surface area contributed by atoms with Crippen LogP contribution in [0.2, 0.25) is 0 Å². The Kier molecular flexibility index (Phi) is 8.39. The topological polar surface area (TPSA) is 52.6 Å². The summed E-state index contributed by atoms with van der Waals surface area (Å²) in [5, 5.41) is 0. The first-order chi connectivity index (χ1) is 11.8. The Morgan fingerprint density at radius 3 is 2.28 bits per heavy atom. The van der Waals surface area contributed by atoms with E-state index >= 15 is 0 Å². The summed E-state index contributed by atoms with van der Waals surface area (Å²) in [6, 6.07) is 0. The molecule has 0 bridgehead atoms. The zero-order valence-electron chi connectivity index (χ0n) is 16.3. The van der Waals surface area contributed by atoms with Gasteiger partial charge in [0.25, 0.3) is 0 Å². The molecule has 1 rings (SSSR count). The summed E-state index contributed by atoms with van der Waals surface area (Å²) in [6.07, 6.45) is 6.69. The highest BCUT2D eigenvalue weighted by Gasteiger charge is 2.16. The fourth-order valence-corrected chi connectivity index (χ4v) is 3.01. The molecule has 4 heteroatoms. The fraction of sp³-hybridized carbons (Fsp3) is 0.524. The van der Waals surface area contributed by atoms with Gasteiger partial charge in [-0.25, -0.2) is 0 Å². The number of allylic oxidation sites excluding steroid dienone is 2. The summed E-state index contributed by atoms with van der Waals surface area (Å²) >= 11 is 0. The Balaban J connectivity index is 2.83. The van der Waals surface area contributed by atoms with Gasteiger partial charge in [0.05, 0.1) is 13.7 Å². The first kappa shape index (κ1) is 20.9. The lowest BCUT2D eigenvalue weighted by molar-refractivity contribution is -0.141. The van der Waals surface area contributed by atoms with Crippen LogP contribution in [-0.4, -0.2) is 26.0 Å². The third-order valence-electron chi connectivity index (χ3n) is 4.69. The lowest BCUT2D eigenvalue weighted by atomic mass is 9.91. The molecule has 0 heterocycles. The van der Waals surface area contributed by atoms with E-state index in [4.69, 9.17) is 9.47 Å². The minimum atomic E-state index is -0.226. The zero-order valence-corrected chi connectivity index (χ0v) is 16.3.